The zero-order chi connectivity index (χ0) is 19.7. The van der Waals surface area contributed by atoms with E-state index in [9.17, 15) is 4.79 Å². The summed E-state index contributed by atoms with van der Waals surface area (Å²) in [5.41, 5.74) is 15.8. The summed E-state index contributed by atoms with van der Waals surface area (Å²) in [6.45, 7) is 2.81. The zero-order valence-electron chi connectivity index (χ0n) is 15.9. The maximum Gasteiger partial charge on any atom is 0.248 e. The number of imidazole rings is 1. The molecule has 0 radical (unpaired) electrons. The molecule has 0 bridgehead atoms. The number of rotatable bonds is 6. The molecule has 4 N–H and O–H groups in total. The minimum atomic E-state index is -0.423. The van der Waals surface area contributed by atoms with E-state index in [0.29, 0.717) is 17.9 Å². The Hall–Kier alpha value is -3.41. The number of pyridine rings is 1. The van der Waals surface area contributed by atoms with Gasteiger partial charge in [0.2, 0.25) is 5.91 Å². The van der Waals surface area contributed by atoms with Crippen LogP contribution in [0.4, 0.5) is 5.82 Å². The molecule has 2 heterocycles. The second-order valence-electron chi connectivity index (χ2n) is 6.99. The highest BCUT2D eigenvalue weighted by molar-refractivity contribution is 6.06. The molecule has 0 unspecified atom stereocenters. The lowest BCUT2D eigenvalue weighted by Gasteiger charge is -2.11. The molecule has 6 heteroatoms. The summed E-state index contributed by atoms with van der Waals surface area (Å²) in [5, 5.41) is 1.04. The normalized spacial score (nSPS) is 11.3. The predicted molar refractivity (Wildman–Crippen MR) is 112 cm³/mol. The molecular weight excluding hydrogens is 350 g/mol. The van der Waals surface area contributed by atoms with Gasteiger partial charge in [0, 0.05) is 23.9 Å². The van der Waals surface area contributed by atoms with Gasteiger partial charge in [0.25, 0.3) is 0 Å². The number of fused-ring (bicyclic) bond motifs is 3. The summed E-state index contributed by atoms with van der Waals surface area (Å²) in [4.78, 5) is 20.7. The van der Waals surface area contributed by atoms with Crippen LogP contribution in [0.3, 0.4) is 0 Å². The molecule has 1 amide bonds. The Morgan fingerprint density at radius 1 is 1.07 bits per heavy atom. The summed E-state index contributed by atoms with van der Waals surface area (Å²) >= 11 is 0. The Labute approximate surface area is 163 Å². The number of aromatic nitrogens is 3. The summed E-state index contributed by atoms with van der Waals surface area (Å²) in [7, 11) is 0. The van der Waals surface area contributed by atoms with Gasteiger partial charge in [-0.1, -0.05) is 43.7 Å². The van der Waals surface area contributed by atoms with Crippen LogP contribution in [0, 0.1) is 0 Å². The van der Waals surface area contributed by atoms with Crippen molar-refractivity contribution in [3.05, 3.63) is 65.5 Å². The number of hydrogen-bond acceptors (Lipinski definition) is 4. The van der Waals surface area contributed by atoms with E-state index in [1.54, 1.807) is 12.1 Å². The second-order valence-corrected chi connectivity index (χ2v) is 6.99. The lowest BCUT2D eigenvalue weighted by Crippen LogP contribution is -2.11. The van der Waals surface area contributed by atoms with Crippen LogP contribution >= 0.6 is 0 Å². The number of amides is 1. The molecule has 0 saturated heterocycles. The van der Waals surface area contributed by atoms with Gasteiger partial charge >= 0.3 is 0 Å². The van der Waals surface area contributed by atoms with E-state index in [4.69, 9.17) is 16.5 Å². The average Bonchev–Trinajstić information content (AvgIpc) is 3.06. The van der Waals surface area contributed by atoms with Crippen LogP contribution in [-0.4, -0.2) is 20.4 Å². The van der Waals surface area contributed by atoms with Gasteiger partial charge in [-0.2, -0.15) is 0 Å². The molecule has 4 aromatic rings. The lowest BCUT2D eigenvalue weighted by molar-refractivity contribution is 0.100. The zero-order valence-corrected chi connectivity index (χ0v) is 15.9. The fraction of sp³-hybridized carbons (Fsp3) is 0.227. The van der Waals surface area contributed by atoms with Crippen LogP contribution in [0.5, 0.6) is 0 Å². The molecule has 0 aliphatic heterocycles. The van der Waals surface area contributed by atoms with E-state index in [2.05, 4.69) is 22.5 Å². The van der Waals surface area contributed by atoms with Gasteiger partial charge in [-0.15, -0.1) is 0 Å². The fourth-order valence-corrected chi connectivity index (χ4v) is 3.56. The highest BCUT2D eigenvalue weighted by Gasteiger charge is 2.17. The molecule has 0 spiro atoms. The number of para-hydroxylation sites is 1. The molecular formula is C22H23N5O. The third kappa shape index (κ3) is 3.17. The van der Waals surface area contributed by atoms with Gasteiger partial charge in [-0.25, -0.2) is 9.97 Å². The number of nitrogens with two attached hydrogens (primary N) is 2. The first-order valence-electron chi connectivity index (χ1n) is 9.50. The maximum atomic E-state index is 11.3. The van der Waals surface area contributed by atoms with Crippen molar-refractivity contribution in [2.75, 3.05) is 5.73 Å². The Morgan fingerprint density at radius 2 is 1.82 bits per heavy atom. The molecule has 4 rings (SSSR count). The number of unbranched alkanes of at least 4 members (excludes halogenated alkanes) is 1. The minimum Gasteiger partial charge on any atom is -0.382 e. The van der Waals surface area contributed by atoms with E-state index in [1.807, 2.05) is 30.3 Å². The lowest BCUT2D eigenvalue weighted by atomic mass is 10.1. The fourth-order valence-electron chi connectivity index (χ4n) is 3.56. The van der Waals surface area contributed by atoms with Crippen molar-refractivity contribution in [1.29, 1.82) is 0 Å². The van der Waals surface area contributed by atoms with Gasteiger partial charge in [0.05, 0.1) is 11.0 Å². The van der Waals surface area contributed by atoms with Crippen molar-refractivity contribution < 1.29 is 4.79 Å². The molecule has 0 fully saturated rings. The van der Waals surface area contributed by atoms with E-state index in [-0.39, 0.29) is 0 Å². The molecule has 0 aliphatic rings. The van der Waals surface area contributed by atoms with Gasteiger partial charge in [0.15, 0.2) is 5.82 Å². The summed E-state index contributed by atoms with van der Waals surface area (Å²) in [6.07, 6.45) is 3.01. The highest BCUT2D eigenvalue weighted by atomic mass is 16.1. The number of carbonyl (C=O) groups is 1. The molecule has 28 heavy (non-hydrogen) atoms. The van der Waals surface area contributed by atoms with Crippen LogP contribution < -0.4 is 11.5 Å². The van der Waals surface area contributed by atoms with Gasteiger partial charge in [-0.05, 0) is 30.2 Å². The Balaban J connectivity index is 1.89. The number of nitrogens with zero attached hydrogens (tertiary/aromatic N) is 3. The number of primary amides is 1. The van der Waals surface area contributed by atoms with Gasteiger partial charge in [-0.3, -0.25) is 4.79 Å². The number of hydrogen-bond donors (Lipinski definition) is 2. The smallest absolute Gasteiger partial charge is 0.248 e. The van der Waals surface area contributed by atoms with Crippen LogP contribution in [-0.2, 0) is 13.0 Å². The molecule has 2 aromatic carbocycles. The third-order valence-electron chi connectivity index (χ3n) is 5.02. The summed E-state index contributed by atoms with van der Waals surface area (Å²) < 4.78 is 2.23. The SMILES string of the molecule is CCCCc1nc2c(N)nc3ccccc3c2n1Cc1ccc(C(N)=O)cc1. The van der Waals surface area contributed by atoms with Crippen molar-refractivity contribution in [3.63, 3.8) is 0 Å². The minimum absolute atomic E-state index is 0.423. The molecule has 0 atom stereocenters. The molecule has 0 saturated carbocycles. The van der Waals surface area contributed by atoms with Crippen molar-refractivity contribution in [2.45, 2.75) is 32.7 Å². The number of benzene rings is 2. The first kappa shape index (κ1) is 18.0. The largest absolute Gasteiger partial charge is 0.382 e. The second kappa shape index (κ2) is 7.31. The van der Waals surface area contributed by atoms with E-state index in [0.717, 1.165) is 52.6 Å². The standard InChI is InChI=1S/C22H23N5O/c1-2-3-8-18-26-19-20(16-6-4-5-7-17(16)25-21(19)23)27(18)13-14-9-11-15(12-10-14)22(24)28/h4-7,9-12H,2-3,8,13H2,1H3,(H2,23,25)(H2,24,28). The molecule has 2 aromatic heterocycles. The Kier molecular flexibility index (Phi) is 4.69. The van der Waals surface area contributed by atoms with Crippen LogP contribution in [0.25, 0.3) is 21.9 Å². The average molecular weight is 373 g/mol. The first-order chi connectivity index (χ1) is 13.6. The van der Waals surface area contributed by atoms with Crippen molar-refractivity contribution in [2.24, 2.45) is 5.73 Å². The van der Waals surface area contributed by atoms with E-state index in [1.165, 1.54) is 0 Å². The van der Waals surface area contributed by atoms with E-state index < -0.39 is 5.91 Å². The number of carbonyl (C=O) groups excluding carboxylic acids is 1. The number of nitrogen functional groups attached to an aromatic ring is 1. The monoisotopic (exact) mass is 373 g/mol. The van der Waals surface area contributed by atoms with Gasteiger partial charge < -0.3 is 16.0 Å². The predicted octanol–water partition coefficient (Wildman–Crippen LogP) is 3.66. The first-order valence-corrected chi connectivity index (χ1v) is 9.50. The maximum absolute atomic E-state index is 11.3. The van der Waals surface area contributed by atoms with Crippen molar-refractivity contribution in [1.82, 2.24) is 14.5 Å². The summed E-state index contributed by atoms with van der Waals surface area (Å²) in [5.74, 6) is 1.03. The van der Waals surface area contributed by atoms with Crippen molar-refractivity contribution >= 4 is 33.7 Å². The van der Waals surface area contributed by atoms with Crippen molar-refractivity contribution in [3.8, 4) is 0 Å². The Bertz CT molecular complexity index is 1160. The highest BCUT2D eigenvalue weighted by Crippen LogP contribution is 2.30. The van der Waals surface area contributed by atoms with Crippen LogP contribution in [0.1, 0.15) is 41.5 Å². The molecule has 0 aliphatic carbocycles. The van der Waals surface area contributed by atoms with Crippen LogP contribution in [0.15, 0.2) is 48.5 Å². The van der Waals surface area contributed by atoms with E-state index >= 15 is 0 Å². The van der Waals surface area contributed by atoms with Crippen LogP contribution in [0.2, 0.25) is 0 Å². The number of aryl methyl sites for hydroxylation is 1. The topological polar surface area (TPSA) is 99.8 Å². The number of anilines is 1. The molecule has 6 nitrogen and oxygen atoms in total. The summed E-state index contributed by atoms with van der Waals surface area (Å²) in [6, 6.07) is 15.4. The van der Waals surface area contributed by atoms with Gasteiger partial charge in [0.1, 0.15) is 11.3 Å². The quantitative estimate of drug-likeness (QED) is 0.539. The molecule has 142 valence electrons. The third-order valence-corrected chi connectivity index (χ3v) is 5.02. The Morgan fingerprint density at radius 3 is 2.54 bits per heavy atom.